The van der Waals surface area contributed by atoms with Crippen LogP contribution in [0.1, 0.15) is 25.0 Å². The van der Waals surface area contributed by atoms with Gasteiger partial charge in [-0.05, 0) is 37.5 Å². The van der Waals surface area contributed by atoms with E-state index in [0.717, 1.165) is 17.7 Å². The standard InChI is InChI=1S/C15H24N2O2/c1-4-19-14-6-5-13(9-11(14)2)7-8-17-15(18)12(3)10-16/h5-6,9,12H,4,7-8,10,16H2,1-3H3,(H,17,18). The summed E-state index contributed by atoms with van der Waals surface area (Å²) < 4.78 is 5.50. The minimum Gasteiger partial charge on any atom is -0.494 e. The molecule has 0 aliphatic heterocycles. The van der Waals surface area contributed by atoms with Crippen molar-refractivity contribution in [1.82, 2.24) is 5.32 Å². The number of nitrogens with one attached hydrogen (secondary N) is 1. The summed E-state index contributed by atoms with van der Waals surface area (Å²) in [6, 6.07) is 6.12. The van der Waals surface area contributed by atoms with E-state index in [1.165, 1.54) is 5.56 Å². The van der Waals surface area contributed by atoms with Gasteiger partial charge in [-0.15, -0.1) is 0 Å². The van der Waals surface area contributed by atoms with E-state index in [-0.39, 0.29) is 11.8 Å². The fourth-order valence-corrected chi connectivity index (χ4v) is 1.80. The molecule has 0 saturated heterocycles. The Morgan fingerprint density at radius 3 is 2.79 bits per heavy atom. The highest BCUT2D eigenvalue weighted by Gasteiger charge is 2.09. The van der Waals surface area contributed by atoms with Crippen molar-refractivity contribution in [3.63, 3.8) is 0 Å². The lowest BCUT2D eigenvalue weighted by molar-refractivity contribution is -0.124. The van der Waals surface area contributed by atoms with Crippen LogP contribution < -0.4 is 15.8 Å². The summed E-state index contributed by atoms with van der Waals surface area (Å²) in [5.74, 6) is 0.819. The van der Waals surface area contributed by atoms with Gasteiger partial charge in [0, 0.05) is 19.0 Å². The molecule has 0 aromatic heterocycles. The molecule has 0 saturated carbocycles. The van der Waals surface area contributed by atoms with Crippen LogP contribution in [0, 0.1) is 12.8 Å². The van der Waals surface area contributed by atoms with E-state index in [4.69, 9.17) is 10.5 Å². The Balaban J connectivity index is 2.46. The van der Waals surface area contributed by atoms with Crippen molar-refractivity contribution in [3.8, 4) is 5.75 Å². The third-order valence-corrected chi connectivity index (χ3v) is 3.05. The molecule has 0 aliphatic rings. The number of ether oxygens (including phenoxy) is 1. The Kier molecular flexibility index (Phi) is 6.36. The second-order valence-electron chi connectivity index (χ2n) is 4.71. The van der Waals surface area contributed by atoms with Gasteiger partial charge >= 0.3 is 0 Å². The van der Waals surface area contributed by atoms with Gasteiger partial charge in [-0.3, -0.25) is 4.79 Å². The van der Waals surface area contributed by atoms with E-state index >= 15 is 0 Å². The normalized spacial score (nSPS) is 12.0. The molecule has 0 aliphatic carbocycles. The predicted octanol–water partition coefficient (Wildman–Crippen LogP) is 1.65. The number of carbonyl (C=O) groups excluding carboxylic acids is 1. The van der Waals surface area contributed by atoms with Crippen molar-refractivity contribution in [2.24, 2.45) is 11.7 Å². The highest BCUT2D eigenvalue weighted by molar-refractivity contribution is 5.78. The molecule has 1 unspecified atom stereocenters. The number of carbonyl (C=O) groups is 1. The molecule has 106 valence electrons. The maximum atomic E-state index is 11.6. The van der Waals surface area contributed by atoms with Gasteiger partial charge in [0.25, 0.3) is 0 Å². The van der Waals surface area contributed by atoms with Crippen LogP contribution >= 0.6 is 0 Å². The molecule has 1 aromatic carbocycles. The van der Waals surface area contributed by atoms with E-state index in [2.05, 4.69) is 11.4 Å². The quantitative estimate of drug-likeness (QED) is 0.787. The third-order valence-electron chi connectivity index (χ3n) is 3.05. The molecule has 19 heavy (non-hydrogen) atoms. The van der Waals surface area contributed by atoms with Gasteiger partial charge in [-0.1, -0.05) is 19.1 Å². The van der Waals surface area contributed by atoms with Crippen LogP contribution in [-0.4, -0.2) is 25.6 Å². The smallest absolute Gasteiger partial charge is 0.224 e. The number of aryl methyl sites for hydroxylation is 1. The van der Waals surface area contributed by atoms with Crippen LogP contribution in [0.2, 0.25) is 0 Å². The van der Waals surface area contributed by atoms with Gasteiger partial charge in [0.2, 0.25) is 5.91 Å². The van der Waals surface area contributed by atoms with Gasteiger partial charge in [0.05, 0.1) is 6.61 Å². The van der Waals surface area contributed by atoms with Crippen molar-refractivity contribution >= 4 is 5.91 Å². The zero-order chi connectivity index (χ0) is 14.3. The van der Waals surface area contributed by atoms with E-state index in [9.17, 15) is 4.79 Å². The lowest BCUT2D eigenvalue weighted by atomic mass is 10.1. The van der Waals surface area contributed by atoms with E-state index in [1.807, 2.05) is 32.9 Å². The van der Waals surface area contributed by atoms with Crippen LogP contribution in [0.25, 0.3) is 0 Å². The molecule has 1 aromatic rings. The monoisotopic (exact) mass is 264 g/mol. The summed E-state index contributed by atoms with van der Waals surface area (Å²) in [6.45, 7) is 7.53. The minimum absolute atomic E-state index is 0.0187. The molecule has 4 nitrogen and oxygen atoms in total. The molecular weight excluding hydrogens is 240 g/mol. The lowest BCUT2D eigenvalue weighted by Gasteiger charge is -2.11. The number of nitrogens with two attached hydrogens (primary N) is 1. The predicted molar refractivity (Wildman–Crippen MR) is 77.3 cm³/mol. The third kappa shape index (κ3) is 4.91. The average Bonchev–Trinajstić information content (AvgIpc) is 2.40. The zero-order valence-corrected chi connectivity index (χ0v) is 12.0. The molecule has 0 spiro atoms. The molecule has 3 N–H and O–H groups in total. The van der Waals surface area contributed by atoms with Crippen molar-refractivity contribution in [2.45, 2.75) is 27.2 Å². The van der Waals surface area contributed by atoms with Crippen LogP contribution in [0.5, 0.6) is 5.75 Å². The van der Waals surface area contributed by atoms with Gasteiger partial charge < -0.3 is 15.8 Å². The van der Waals surface area contributed by atoms with Crippen LogP contribution in [0.4, 0.5) is 0 Å². The number of hydrogen-bond acceptors (Lipinski definition) is 3. The summed E-state index contributed by atoms with van der Waals surface area (Å²) in [5.41, 5.74) is 7.77. The first-order valence-electron chi connectivity index (χ1n) is 6.78. The van der Waals surface area contributed by atoms with Crippen LogP contribution in [-0.2, 0) is 11.2 Å². The fourth-order valence-electron chi connectivity index (χ4n) is 1.80. The Morgan fingerprint density at radius 1 is 1.47 bits per heavy atom. The Hall–Kier alpha value is -1.55. The second kappa shape index (κ2) is 7.79. The van der Waals surface area contributed by atoms with Gasteiger partial charge in [-0.2, -0.15) is 0 Å². The Labute approximate surface area is 115 Å². The number of hydrogen-bond donors (Lipinski definition) is 2. The Morgan fingerprint density at radius 2 is 2.21 bits per heavy atom. The van der Waals surface area contributed by atoms with E-state index < -0.39 is 0 Å². The van der Waals surface area contributed by atoms with Crippen molar-refractivity contribution < 1.29 is 9.53 Å². The molecule has 1 amide bonds. The van der Waals surface area contributed by atoms with Crippen molar-refractivity contribution in [2.75, 3.05) is 19.7 Å². The molecular formula is C15H24N2O2. The van der Waals surface area contributed by atoms with Crippen molar-refractivity contribution in [1.29, 1.82) is 0 Å². The summed E-state index contributed by atoms with van der Waals surface area (Å²) in [6.07, 6.45) is 0.816. The molecule has 1 atom stereocenters. The van der Waals surface area contributed by atoms with Gasteiger partial charge in [0.15, 0.2) is 0 Å². The highest BCUT2D eigenvalue weighted by Crippen LogP contribution is 2.19. The SMILES string of the molecule is CCOc1ccc(CCNC(=O)C(C)CN)cc1C. The molecule has 1 rings (SSSR count). The average molecular weight is 264 g/mol. The highest BCUT2D eigenvalue weighted by atomic mass is 16.5. The van der Waals surface area contributed by atoms with Crippen molar-refractivity contribution in [3.05, 3.63) is 29.3 Å². The molecule has 0 heterocycles. The number of benzene rings is 1. The second-order valence-corrected chi connectivity index (χ2v) is 4.71. The summed E-state index contributed by atoms with van der Waals surface area (Å²) in [4.78, 5) is 11.6. The lowest BCUT2D eigenvalue weighted by Crippen LogP contribution is -2.34. The van der Waals surface area contributed by atoms with E-state index in [1.54, 1.807) is 0 Å². The number of amides is 1. The van der Waals surface area contributed by atoms with Crippen LogP contribution in [0.3, 0.4) is 0 Å². The molecule has 0 bridgehead atoms. The first-order chi connectivity index (χ1) is 9.08. The first-order valence-corrected chi connectivity index (χ1v) is 6.78. The fraction of sp³-hybridized carbons (Fsp3) is 0.533. The largest absolute Gasteiger partial charge is 0.494 e. The summed E-state index contributed by atoms with van der Waals surface area (Å²) in [5, 5.41) is 2.89. The van der Waals surface area contributed by atoms with Crippen LogP contribution in [0.15, 0.2) is 18.2 Å². The zero-order valence-electron chi connectivity index (χ0n) is 12.0. The molecule has 0 fully saturated rings. The maximum absolute atomic E-state index is 11.6. The summed E-state index contributed by atoms with van der Waals surface area (Å²) in [7, 11) is 0. The molecule has 4 heteroatoms. The number of rotatable bonds is 7. The minimum atomic E-state index is -0.123. The Bertz CT molecular complexity index is 419. The first kappa shape index (κ1) is 15.5. The maximum Gasteiger partial charge on any atom is 0.224 e. The topological polar surface area (TPSA) is 64.3 Å². The van der Waals surface area contributed by atoms with Gasteiger partial charge in [0.1, 0.15) is 5.75 Å². The van der Waals surface area contributed by atoms with E-state index in [0.29, 0.717) is 19.7 Å². The molecule has 0 radical (unpaired) electrons. The van der Waals surface area contributed by atoms with Gasteiger partial charge in [-0.25, -0.2) is 0 Å². The summed E-state index contributed by atoms with van der Waals surface area (Å²) >= 11 is 0.